The summed E-state index contributed by atoms with van der Waals surface area (Å²) in [6.07, 6.45) is 4.06. The standard InChI is InChI=1S/C19H20FN3O2S/c1-3-14-8-10-15(11-9-14)26(24,25)22-18(19-21-12-13-23(19)2)16-6-4-5-7-17(16)20/h4-13,18,22H,3H2,1-2H3. The molecule has 5 nitrogen and oxygen atoms in total. The zero-order valence-electron chi connectivity index (χ0n) is 14.6. The van der Waals surface area contributed by atoms with Crippen molar-refractivity contribution in [2.75, 3.05) is 0 Å². The van der Waals surface area contributed by atoms with Crippen LogP contribution < -0.4 is 4.72 Å². The van der Waals surface area contributed by atoms with E-state index in [1.165, 1.54) is 6.07 Å². The number of rotatable bonds is 6. The third-order valence-electron chi connectivity index (χ3n) is 4.25. The first-order valence-corrected chi connectivity index (χ1v) is 9.73. The lowest BCUT2D eigenvalue weighted by atomic mass is 10.1. The van der Waals surface area contributed by atoms with Gasteiger partial charge in [-0.2, -0.15) is 4.72 Å². The Morgan fingerprint density at radius 3 is 2.42 bits per heavy atom. The molecule has 0 aliphatic carbocycles. The van der Waals surface area contributed by atoms with Crippen molar-refractivity contribution in [1.29, 1.82) is 0 Å². The number of aromatic nitrogens is 2. The second kappa shape index (κ2) is 7.39. The number of imidazole rings is 1. The van der Waals surface area contributed by atoms with E-state index in [4.69, 9.17) is 0 Å². The molecule has 1 atom stereocenters. The maximum atomic E-state index is 14.4. The molecule has 26 heavy (non-hydrogen) atoms. The molecule has 1 heterocycles. The van der Waals surface area contributed by atoms with Gasteiger partial charge in [-0.1, -0.05) is 37.3 Å². The van der Waals surface area contributed by atoms with Crippen molar-refractivity contribution in [2.45, 2.75) is 24.3 Å². The van der Waals surface area contributed by atoms with Gasteiger partial charge in [-0.3, -0.25) is 0 Å². The van der Waals surface area contributed by atoms with Crippen molar-refractivity contribution in [3.63, 3.8) is 0 Å². The van der Waals surface area contributed by atoms with E-state index < -0.39 is 21.9 Å². The van der Waals surface area contributed by atoms with Crippen LogP contribution in [0.5, 0.6) is 0 Å². The van der Waals surface area contributed by atoms with E-state index in [0.717, 1.165) is 12.0 Å². The molecule has 0 bridgehead atoms. The molecular weight excluding hydrogens is 353 g/mol. The Bertz CT molecular complexity index is 998. The van der Waals surface area contributed by atoms with Crippen LogP contribution in [0.3, 0.4) is 0 Å². The van der Waals surface area contributed by atoms with Crippen molar-refractivity contribution in [3.05, 3.63) is 83.7 Å². The number of nitrogens with one attached hydrogen (secondary N) is 1. The first-order valence-electron chi connectivity index (χ1n) is 8.25. The lowest BCUT2D eigenvalue weighted by Crippen LogP contribution is -2.31. The van der Waals surface area contributed by atoms with Gasteiger partial charge in [0.25, 0.3) is 0 Å². The Labute approximate surface area is 152 Å². The quantitative estimate of drug-likeness (QED) is 0.722. The average molecular weight is 373 g/mol. The van der Waals surface area contributed by atoms with Crippen LogP contribution in [-0.2, 0) is 23.5 Å². The molecule has 0 radical (unpaired) electrons. The number of hydrogen-bond acceptors (Lipinski definition) is 3. The van der Waals surface area contributed by atoms with Crippen molar-refractivity contribution < 1.29 is 12.8 Å². The molecule has 0 aliphatic heterocycles. The minimum absolute atomic E-state index is 0.130. The highest BCUT2D eigenvalue weighted by Gasteiger charge is 2.27. The molecule has 0 saturated carbocycles. The minimum atomic E-state index is -3.86. The third kappa shape index (κ3) is 3.68. The molecule has 0 aliphatic rings. The molecule has 136 valence electrons. The van der Waals surface area contributed by atoms with E-state index in [1.54, 1.807) is 66.5 Å². The summed E-state index contributed by atoms with van der Waals surface area (Å²) in [6.45, 7) is 2.00. The monoisotopic (exact) mass is 373 g/mol. The molecule has 2 aromatic carbocycles. The molecule has 0 spiro atoms. The van der Waals surface area contributed by atoms with E-state index in [0.29, 0.717) is 5.82 Å². The molecule has 3 rings (SSSR count). The van der Waals surface area contributed by atoms with Crippen LogP contribution >= 0.6 is 0 Å². The second-order valence-corrected chi connectivity index (χ2v) is 7.68. The smallest absolute Gasteiger partial charge is 0.241 e. The molecule has 3 aromatic rings. The molecule has 1 aromatic heterocycles. The summed E-state index contributed by atoms with van der Waals surface area (Å²) in [5.41, 5.74) is 1.26. The van der Waals surface area contributed by atoms with Gasteiger partial charge in [-0.15, -0.1) is 0 Å². The predicted octanol–water partition coefficient (Wildman–Crippen LogP) is 3.19. The lowest BCUT2D eigenvalue weighted by molar-refractivity contribution is 0.545. The number of aryl methyl sites for hydroxylation is 2. The Balaban J connectivity index is 2.03. The highest BCUT2D eigenvalue weighted by molar-refractivity contribution is 7.89. The van der Waals surface area contributed by atoms with E-state index in [1.807, 2.05) is 6.92 Å². The topological polar surface area (TPSA) is 64.0 Å². The lowest BCUT2D eigenvalue weighted by Gasteiger charge is -2.20. The van der Waals surface area contributed by atoms with Gasteiger partial charge in [-0.25, -0.2) is 17.8 Å². The molecular formula is C19H20FN3O2S. The zero-order valence-corrected chi connectivity index (χ0v) is 15.4. The summed E-state index contributed by atoms with van der Waals surface area (Å²) >= 11 is 0. The third-order valence-corrected chi connectivity index (χ3v) is 5.69. The summed E-state index contributed by atoms with van der Waals surface area (Å²) < 4.78 is 44.4. The Morgan fingerprint density at radius 2 is 1.85 bits per heavy atom. The molecule has 1 unspecified atom stereocenters. The normalized spacial score (nSPS) is 12.9. The number of hydrogen-bond donors (Lipinski definition) is 1. The fraction of sp³-hybridized carbons (Fsp3) is 0.211. The first kappa shape index (κ1) is 18.3. The van der Waals surface area contributed by atoms with Gasteiger partial charge < -0.3 is 4.57 Å². The van der Waals surface area contributed by atoms with E-state index in [2.05, 4.69) is 9.71 Å². The van der Waals surface area contributed by atoms with Crippen LogP contribution in [0.25, 0.3) is 0 Å². The van der Waals surface area contributed by atoms with Gasteiger partial charge >= 0.3 is 0 Å². The average Bonchev–Trinajstić information content (AvgIpc) is 3.06. The summed E-state index contributed by atoms with van der Waals surface area (Å²) in [5, 5.41) is 0. The van der Waals surface area contributed by atoms with Gasteiger partial charge in [0.2, 0.25) is 10.0 Å². The number of benzene rings is 2. The van der Waals surface area contributed by atoms with Gasteiger partial charge in [0, 0.05) is 25.0 Å². The molecule has 1 N–H and O–H groups in total. The SMILES string of the molecule is CCc1ccc(S(=O)(=O)NC(c2ccccc2F)c2nccn2C)cc1. The van der Waals surface area contributed by atoms with Crippen LogP contribution in [0.4, 0.5) is 4.39 Å². The Hall–Kier alpha value is -2.51. The van der Waals surface area contributed by atoms with Gasteiger partial charge in [0.05, 0.1) is 4.90 Å². The van der Waals surface area contributed by atoms with Crippen molar-refractivity contribution >= 4 is 10.0 Å². The number of halogens is 1. The van der Waals surface area contributed by atoms with Crippen LogP contribution in [0.1, 0.15) is 29.9 Å². The zero-order chi connectivity index (χ0) is 18.7. The maximum Gasteiger partial charge on any atom is 0.241 e. The molecule has 0 saturated heterocycles. The van der Waals surface area contributed by atoms with Gasteiger partial charge in [0.1, 0.15) is 17.7 Å². The van der Waals surface area contributed by atoms with Crippen LogP contribution in [0, 0.1) is 5.82 Å². The fourth-order valence-corrected chi connectivity index (χ4v) is 3.92. The number of sulfonamides is 1. The van der Waals surface area contributed by atoms with Crippen molar-refractivity contribution in [2.24, 2.45) is 7.05 Å². The van der Waals surface area contributed by atoms with Crippen LogP contribution in [-0.4, -0.2) is 18.0 Å². The number of nitrogens with zero attached hydrogens (tertiary/aromatic N) is 2. The summed E-state index contributed by atoms with van der Waals surface area (Å²) in [4.78, 5) is 4.34. The Morgan fingerprint density at radius 1 is 1.15 bits per heavy atom. The fourth-order valence-electron chi connectivity index (χ4n) is 2.75. The van der Waals surface area contributed by atoms with Crippen LogP contribution in [0.15, 0.2) is 65.8 Å². The summed E-state index contributed by atoms with van der Waals surface area (Å²) in [5.74, 6) is -0.0895. The predicted molar refractivity (Wildman–Crippen MR) is 97.6 cm³/mol. The molecule has 0 fully saturated rings. The highest BCUT2D eigenvalue weighted by atomic mass is 32.2. The minimum Gasteiger partial charge on any atom is -0.336 e. The Kier molecular flexibility index (Phi) is 5.20. The van der Waals surface area contributed by atoms with Crippen molar-refractivity contribution in [1.82, 2.24) is 14.3 Å². The van der Waals surface area contributed by atoms with Gasteiger partial charge in [0.15, 0.2) is 0 Å². The molecule has 0 amide bonds. The van der Waals surface area contributed by atoms with Crippen LogP contribution in [0.2, 0.25) is 0 Å². The van der Waals surface area contributed by atoms with Crippen molar-refractivity contribution in [3.8, 4) is 0 Å². The summed E-state index contributed by atoms with van der Waals surface area (Å²) in [6, 6.07) is 11.8. The van der Waals surface area contributed by atoms with Gasteiger partial charge in [-0.05, 0) is 30.2 Å². The molecule has 7 heteroatoms. The van der Waals surface area contributed by atoms with E-state index in [9.17, 15) is 12.8 Å². The first-order chi connectivity index (χ1) is 12.4. The largest absolute Gasteiger partial charge is 0.336 e. The highest BCUT2D eigenvalue weighted by Crippen LogP contribution is 2.25. The van der Waals surface area contributed by atoms with E-state index >= 15 is 0 Å². The maximum absolute atomic E-state index is 14.4. The second-order valence-electron chi connectivity index (χ2n) is 5.97. The summed E-state index contributed by atoms with van der Waals surface area (Å²) in [7, 11) is -2.13. The van der Waals surface area contributed by atoms with E-state index in [-0.39, 0.29) is 10.5 Å².